The van der Waals surface area contributed by atoms with Crippen LogP contribution in [-0.4, -0.2) is 141 Å². The van der Waals surface area contributed by atoms with Gasteiger partial charge in [0.15, 0.2) is 20.2 Å². The summed E-state index contributed by atoms with van der Waals surface area (Å²) in [5.41, 5.74) is 0. The van der Waals surface area contributed by atoms with Gasteiger partial charge in [0, 0.05) is 26.2 Å². The van der Waals surface area contributed by atoms with E-state index in [1.54, 1.807) is 0 Å². The van der Waals surface area contributed by atoms with E-state index in [2.05, 4.69) is 47.5 Å². The number of halogens is 10. The van der Waals surface area contributed by atoms with Crippen LogP contribution in [0.25, 0.3) is 0 Å². The molecule has 0 aliphatic carbocycles. The van der Waals surface area contributed by atoms with Crippen molar-refractivity contribution >= 4 is 26.0 Å². The predicted molar refractivity (Wildman–Crippen MR) is 288 cm³/mol. The molecule has 25 heteroatoms. The second-order valence-electron chi connectivity index (χ2n) is 19.8. The van der Waals surface area contributed by atoms with Crippen molar-refractivity contribution < 1.29 is 193 Å². The van der Waals surface area contributed by atoms with E-state index in [9.17, 15) is 65.9 Å². The normalized spacial score (nSPS) is 14.0. The maximum atomic E-state index is 11.4. The summed E-state index contributed by atoms with van der Waals surface area (Å²) in [5.74, 6) is 0.167. The third-order valence-electron chi connectivity index (χ3n) is 12.3. The molecule has 0 unspecified atom stereocenters. The van der Waals surface area contributed by atoms with Gasteiger partial charge >= 0.3 is 126 Å². The average Bonchev–Trinajstić information content (AvgIpc) is 3.92. The van der Waals surface area contributed by atoms with Crippen molar-refractivity contribution in [1.82, 2.24) is 19.6 Å². The van der Waals surface area contributed by atoms with E-state index < -0.39 is 43.6 Å². The molecule has 0 bridgehead atoms. The zero-order valence-electron chi connectivity index (χ0n) is 48.2. The molecule has 78 heavy (non-hydrogen) atoms. The third-order valence-corrected chi connectivity index (χ3v) is 14.0. The Morgan fingerprint density at radius 2 is 0.590 bits per heavy atom. The number of likely N-dealkylation sites (N-methyl/N-ethyl adjacent to an activating group) is 2. The number of ketones is 1. The Labute approximate surface area is 570 Å². The molecule has 11 nitrogen and oxygen atoms in total. The number of nitrogens with zero attached hydrogens (tertiary/aromatic N) is 4. The molecule has 2 saturated heterocycles. The number of hydrogen-bond acceptors (Lipinski definition) is 11. The Bertz CT molecular complexity index is 1380. The van der Waals surface area contributed by atoms with Crippen molar-refractivity contribution in [2.75, 3.05) is 66.7 Å². The Balaban J connectivity index is -0.000000118. The van der Waals surface area contributed by atoms with Crippen molar-refractivity contribution in [3.05, 3.63) is 0 Å². The first-order valence-electron chi connectivity index (χ1n) is 27.3. The topological polar surface area (TPSA) is 144 Å². The number of hydrogen-bond donors (Lipinski definition) is 0. The van der Waals surface area contributed by atoms with Crippen LogP contribution in [0.1, 0.15) is 248 Å². The maximum absolute atomic E-state index is 11.4. The first kappa shape index (κ1) is 99.6. The molecule has 0 aromatic heterocycles. The van der Waals surface area contributed by atoms with Gasteiger partial charge in [-0.25, -0.2) is 34.4 Å². The standard InChI is InChI=1S/2C22H46N2.C3H6O.2C2H2F4O3S.2CH4.2ClH.2K/c2*1-3-4-5-6-7-8-9-10-11-12-13-14-15-16-17-18-19-24-21-20-23(2)22-24;1-3(2)4;2*3-1(4)2(5,6)10(7,8)9;;;;;;/h2*3-22H2,1-2H3;1-2H3;2*1H,(H,7,8,9);2*1H4;2*1H;;/q;;;;;;;;;2*+1/p-4. The molecular formula is C53H108Cl2F8K2N4O7S2-2. The number of carbonyl (C=O) groups excluding carboxylic acids is 1. The Kier molecular flexibility index (Phi) is 81.9. The third kappa shape index (κ3) is 63.1. The van der Waals surface area contributed by atoms with Crippen LogP contribution in [-0.2, 0) is 25.0 Å². The van der Waals surface area contributed by atoms with E-state index in [0.29, 0.717) is 0 Å². The van der Waals surface area contributed by atoms with Crippen LogP contribution in [0.2, 0.25) is 0 Å². The smallest absolute Gasteiger partial charge is 1.00 e. The van der Waals surface area contributed by atoms with Crippen LogP contribution < -0.4 is 128 Å². The molecule has 2 aliphatic rings. The van der Waals surface area contributed by atoms with Gasteiger partial charge in [-0.2, -0.15) is 17.6 Å². The number of unbranched alkanes of at least 4 members (excludes halogenated alkanes) is 30. The molecule has 0 spiro atoms. The van der Waals surface area contributed by atoms with Gasteiger partial charge in [0.05, 0.1) is 13.3 Å². The molecule has 0 aromatic carbocycles. The molecule has 0 radical (unpaired) electrons. The summed E-state index contributed by atoms with van der Waals surface area (Å²) < 4.78 is 145. The summed E-state index contributed by atoms with van der Waals surface area (Å²) in [6, 6.07) is 0. The quantitative estimate of drug-likeness (QED) is 0.0388. The van der Waals surface area contributed by atoms with E-state index in [-0.39, 0.29) is 148 Å². The zero-order valence-corrected chi connectivity index (χ0v) is 57.6. The molecule has 468 valence electrons. The van der Waals surface area contributed by atoms with Gasteiger partial charge in [0.25, 0.3) is 0 Å². The fourth-order valence-corrected chi connectivity index (χ4v) is 8.38. The predicted octanol–water partition coefficient (Wildman–Crippen LogP) is 3.57. The monoisotopic (exact) mass is 1280 g/mol. The average molecular weight is 1280 g/mol. The van der Waals surface area contributed by atoms with Crippen molar-refractivity contribution in [2.24, 2.45) is 0 Å². The Morgan fingerprint density at radius 3 is 0.705 bits per heavy atom. The van der Waals surface area contributed by atoms with Gasteiger partial charge in [0.2, 0.25) is 0 Å². The van der Waals surface area contributed by atoms with Gasteiger partial charge in [-0.1, -0.05) is 221 Å². The van der Waals surface area contributed by atoms with Crippen molar-refractivity contribution in [3.63, 3.8) is 0 Å². The summed E-state index contributed by atoms with van der Waals surface area (Å²) in [4.78, 5) is 19.5. The summed E-state index contributed by atoms with van der Waals surface area (Å²) >= 11 is 0. The second kappa shape index (κ2) is 64.1. The van der Waals surface area contributed by atoms with E-state index in [1.807, 2.05) is 0 Å². The van der Waals surface area contributed by atoms with E-state index in [1.165, 1.54) is 272 Å². The van der Waals surface area contributed by atoms with Crippen molar-refractivity contribution in [2.45, 2.75) is 271 Å². The minimum Gasteiger partial charge on any atom is -1.00 e. The number of carbonyl (C=O) groups is 1. The molecule has 2 rings (SSSR count). The molecule has 0 atom stereocenters. The van der Waals surface area contributed by atoms with Crippen LogP contribution in [0.4, 0.5) is 35.1 Å². The first-order chi connectivity index (χ1) is 33.8. The second-order valence-corrected chi connectivity index (χ2v) is 22.7. The Morgan fingerprint density at radius 1 is 0.423 bits per heavy atom. The molecule has 2 aliphatic heterocycles. The van der Waals surface area contributed by atoms with Crippen LogP contribution in [0.3, 0.4) is 0 Å². The zero-order chi connectivity index (χ0) is 55.3. The number of rotatable bonds is 38. The largest absolute Gasteiger partial charge is 1.00 e. The van der Waals surface area contributed by atoms with Gasteiger partial charge in [-0.15, -0.1) is 0 Å². The van der Waals surface area contributed by atoms with E-state index in [0.717, 1.165) is 0 Å². The van der Waals surface area contributed by atoms with Crippen LogP contribution in [0, 0.1) is 0 Å². The van der Waals surface area contributed by atoms with Crippen molar-refractivity contribution in [3.8, 4) is 0 Å². The molecule has 0 N–H and O–H groups in total. The number of alkyl halides is 8. The summed E-state index contributed by atoms with van der Waals surface area (Å²) in [6.45, 7) is 17.8. The first-order valence-corrected chi connectivity index (χ1v) is 30.1. The molecule has 0 saturated carbocycles. The van der Waals surface area contributed by atoms with Crippen LogP contribution in [0.5, 0.6) is 0 Å². The Hall–Kier alpha value is 2.62. The van der Waals surface area contributed by atoms with E-state index >= 15 is 0 Å². The summed E-state index contributed by atoms with van der Waals surface area (Å²) in [7, 11) is -8.01. The SMILES string of the molecule is C.C.CC(C)=O.CCCCCCCCCCCCCCCCCCN1CCN(C)C1.CCCCCCCCCCCCCCCCCCN1CCN(C)C1.O=S(=O)([O-])C(F)(F)C(F)F.O=S(=O)([O-])C(F)(F)C(F)F.[Cl-].[Cl-].[K+].[K+]. The van der Waals surface area contributed by atoms with Gasteiger partial charge in [-0.05, 0) is 53.9 Å². The molecule has 2 heterocycles. The van der Waals surface area contributed by atoms with Crippen molar-refractivity contribution in [1.29, 1.82) is 0 Å². The summed E-state index contributed by atoms with van der Waals surface area (Å²) in [6.07, 6.45) is 37.8. The summed E-state index contributed by atoms with van der Waals surface area (Å²) in [5, 5.41) is -11.0. The molecule has 2 fully saturated rings. The number of Topliss-reactive ketones (excluding diaryl/α,β-unsaturated/α-hetero) is 1. The van der Waals surface area contributed by atoms with E-state index in [4.69, 9.17) is 0 Å². The minimum atomic E-state index is -6.23. The maximum Gasteiger partial charge on any atom is 1.00 e. The van der Waals surface area contributed by atoms with Gasteiger partial charge < -0.3 is 38.7 Å². The van der Waals surface area contributed by atoms with Gasteiger partial charge in [0.1, 0.15) is 5.78 Å². The van der Waals surface area contributed by atoms with Crippen LogP contribution >= 0.6 is 0 Å². The van der Waals surface area contributed by atoms with Gasteiger partial charge in [-0.3, -0.25) is 19.6 Å². The molecular weight excluding hydrogens is 1170 g/mol. The van der Waals surface area contributed by atoms with Crippen LogP contribution in [0.15, 0.2) is 0 Å². The molecule has 0 amide bonds. The minimum absolute atomic E-state index is 0. The fraction of sp³-hybridized carbons (Fsp3) is 0.981. The molecule has 0 aromatic rings. The fourth-order valence-electron chi connectivity index (χ4n) is 7.94.